The van der Waals surface area contributed by atoms with Crippen molar-refractivity contribution in [3.63, 3.8) is 0 Å². The molecule has 5 aliphatic rings. The number of nitrogens with zero attached hydrogens (tertiary/aromatic N) is 1. The van der Waals surface area contributed by atoms with E-state index in [1.54, 1.807) is 0 Å². The largest absolute Gasteiger partial charge is 0.338 e. The van der Waals surface area contributed by atoms with Gasteiger partial charge in [0.2, 0.25) is 5.91 Å². The van der Waals surface area contributed by atoms with Crippen LogP contribution in [0.3, 0.4) is 0 Å². The van der Waals surface area contributed by atoms with Gasteiger partial charge in [0.1, 0.15) is 0 Å². The third-order valence-corrected chi connectivity index (χ3v) is 7.86. The highest BCUT2D eigenvalue weighted by molar-refractivity contribution is 5.89. The summed E-state index contributed by atoms with van der Waals surface area (Å²) < 4.78 is 0. The molecular weight excluding hydrogens is 362 g/mol. The van der Waals surface area contributed by atoms with Crippen molar-refractivity contribution < 1.29 is 9.59 Å². The first kappa shape index (κ1) is 19.0. The van der Waals surface area contributed by atoms with Gasteiger partial charge in [0.15, 0.2) is 0 Å². The molecule has 2 N–H and O–H groups in total. The van der Waals surface area contributed by atoms with Crippen LogP contribution in [-0.4, -0.2) is 29.9 Å². The topological polar surface area (TPSA) is 61.4 Å². The van der Waals surface area contributed by atoms with Gasteiger partial charge in [-0.1, -0.05) is 12.1 Å². The first-order valence-corrected chi connectivity index (χ1v) is 11.5. The number of rotatable bonds is 6. The molecular formula is C24H33N3O2. The first-order chi connectivity index (χ1) is 14.1. The molecule has 1 aromatic carbocycles. The number of nitrogens with one attached hydrogen (secondary N) is 2. The predicted octanol–water partition coefficient (Wildman–Crippen LogP) is 4.54. The molecule has 5 nitrogen and oxygen atoms in total. The maximum atomic E-state index is 12.3. The summed E-state index contributed by atoms with van der Waals surface area (Å²) in [5.74, 6) is 3.13. The molecule has 6 rings (SSSR count). The Balaban J connectivity index is 1.08. The van der Waals surface area contributed by atoms with Crippen LogP contribution in [0.25, 0.3) is 0 Å². The number of carbonyl (C=O) groups excluding carboxylic acids is 2. The summed E-state index contributed by atoms with van der Waals surface area (Å²) in [5.41, 5.74) is 2.42. The number of amides is 3. The Hall–Kier alpha value is -2.04. The normalized spacial score (nSPS) is 32.6. The van der Waals surface area contributed by atoms with Crippen LogP contribution in [0.2, 0.25) is 0 Å². The number of hydrogen-bond donors (Lipinski definition) is 2. The number of urea groups is 1. The standard InChI is InChI=1S/C24H33N3O2/c28-22-2-1-9-27(22)16-17-3-5-21(6-4-17)26-23(29)25-8-7-24-13-18-10-19(14-24)12-20(11-18)15-24/h3-6,18-20H,1-2,7-16H2,(H2,25,26,29). The van der Waals surface area contributed by atoms with Crippen molar-refractivity contribution in [2.24, 2.45) is 23.2 Å². The van der Waals surface area contributed by atoms with Gasteiger partial charge in [-0.25, -0.2) is 4.79 Å². The molecule has 156 valence electrons. The maximum absolute atomic E-state index is 12.3. The van der Waals surface area contributed by atoms with Crippen LogP contribution in [0.5, 0.6) is 0 Å². The Labute approximate surface area is 173 Å². The number of likely N-dealkylation sites (tertiary alicyclic amines) is 1. The van der Waals surface area contributed by atoms with Crippen molar-refractivity contribution in [2.45, 2.75) is 64.3 Å². The van der Waals surface area contributed by atoms with Crippen molar-refractivity contribution in [1.82, 2.24) is 10.2 Å². The zero-order valence-electron chi connectivity index (χ0n) is 17.3. The molecule has 4 saturated carbocycles. The fourth-order valence-corrected chi connectivity index (χ4v) is 7.00. The summed E-state index contributed by atoms with van der Waals surface area (Å²) in [6, 6.07) is 7.73. The van der Waals surface area contributed by atoms with Gasteiger partial charge in [-0.05, 0) is 92.2 Å². The van der Waals surface area contributed by atoms with E-state index in [0.29, 0.717) is 18.4 Å². The van der Waals surface area contributed by atoms with Crippen molar-refractivity contribution in [1.29, 1.82) is 0 Å². The lowest BCUT2D eigenvalue weighted by atomic mass is 9.49. The Morgan fingerprint density at radius 1 is 1.03 bits per heavy atom. The van der Waals surface area contributed by atoms with Crippen LogP contribution in [-0.2, 0) is 11.3 Å². The van der Waals surface area contributed by atoms with E-state index in [2.05, 4.69) is 10.6 Å². The SMILES string of the molecule is O=C(NCCC12CC3CC(CC(C3)C1)C2)Nc1ccc(CN2CCCC2=O)cc1. The number of hydrogen-bond acceptors (Lipinski definition) is 2. The highest BCUT2D eigenvalue weighted by atomic mass is 16.2. The van der Waals surface area contributed by atoms with Gasteiger partial charge in [0, 0.05) is 31.7 Å². The van der Waals surface area contributed by atoms with Crippen molar-refractivity contribution >= 4 is 17.6 Å². The second-order valence-corrected chi connectivity index (χ2v) is 10.2. The molecule has 1 saturated heterocycles. The van der Waals surface area contributed by atoms with Gasteiger partial charge in [-0.3, -0.25) is 4.79 Å². The van der Waals surface area contributed by atoms with Crippen molar-refractivity contribution in [3.05, 3.63) is 29.8 Å². The Kier molecular flexibility index (Phi) is 5.00. The monoisotopic (exact) mass is 395 g/mol. The molecule has 1 aliphatic heterocycles. The lowest BCUT2D eigenvalue weighted by molar-refractivity contribution is -0.128. The van der Waals surface area contributed by atoms with E-state index in [9.17, 15) is 9.59 Å². The van der Waals surface area contributed by atoms with Gasteiger partial charge in [0.25, 0.3) is 0 Å². The third-order valence-electron chi connectivity index (χ3n) is 7.86. The fraction of sp³-hybridized carbons (Fsp3) is 0.667. The summed E-state index contributed by atoms with van der Waals surface area (Å²) in [6.07, 6.45) is 11.3. The van der Waals surface area contributed by atoms with Gasteiger partial charge in [-0.2, -0.15) is 0 Å². The summed E-state index contributed by atoms with van der Waals surface area (Å²) >= 11 is 0. The van der Waals surface area contributed by atoms with E-state index in [-0.39, 0.29) is 11.9 Å². The van der Waals surface area contributed by atoms with E-state index in [1.807, 2.05) is 29.2 Å². The van der Waals surface area contributed by atoms with E-state index in [4.69, 9.17) is 0 Å². The Morgan fingerprint density at radius 2 is 1.69 bits per heavy atom. The molecule has 4 aliphatic carbocycles. The Morgan fingerprint density at radius 3 is 2.28 bits per heavy atom. The third kappa shape index (κ3) is 4.15. The Bertz CT molecular complexity index is 738. The summed E-state index contributed by atoms with van der Waals surface area (Å²) in [6.45, 7) is 2.29. The number of anilines is 1. The summed E-state index contributed by atoms with van der Waals surface area (Å²) in [7, 11) is 0. The summed E-state index contributed by atoms with van der Waals surface area (Å²) in [4.78, 5) is 26.0. The molecule has 0 aromatic heterocycles. The first-order valence-electron chi connectivity index (χ1n) is 11.5. The van der Waals surface area contributed by atoms with Gasteiger partial charge < -0.3 is 15.5 Å². The molecule has 1 aromatic rings. The van der Waals surface area contributed by atoms with Crippen molar-refractivity contribution in [2.75, 3.05) is 18.4 Å². The van der Waals surface area contributed by atoms with Gasteiger partial charge in [0.05, 0.1) is 0 Å². The van der Waals surface area contributed by atoms with E-state index in [0.717, 1.165) is 54.9 Å². The van der Waals surface area contributed by atoms with Crippen LogP contribution < -0.4 is 10.6 Å². The lowest BCUT2D eigenvalue weighted by Gasteiger charge is -2.57. The van der Waals surface area contributed by atoms with E-state index >= 15 is 0 Å². The molecule has 0 radical (unpaired) electrons. The molecule has 4 bridgehead atoms. The summed E-state index contributed by atoms with van der Waals surface area (Å²) in [5, 5.41) is 6.03. The minimum absolute atomic E-state index is 0.114. The molecule has 5 fully saturated rings. The highest BCUT2D eigenvalue weighted by Gasteiger charge is 2.50. The highest BCUT2D eigenvalue weighted by Crippen LogP contribution is 2.61. The second kappa shape index (κ2) is 7.66. The average Bonchev–Trinajstić information content (AvgIpc) is 3.07. The quantitative estimate of drug-likeness (QED) is 0.743. The molecule has 0 unspecified atom stereocenters. The van der Waals surface area contributed by atoms with E-state index in [1.165, 1.54) is 38.5 Å². The van der Waals surface area contributed by atoms with Crippen LogP contribution in [0, 0.1) is 23.2 Å². The number of carbonyl (C=O) groups is 2. The smallest absolute Gasteiger partial charge is 0.319 e. The molecule has 0 atom stereocenters. The fourth-order valence-electron chi connectivity index (χ4n) is 7.00. The zero-order chi connectivity index (χ0) is 19.8. The van der Waals surface area contributed by atoms with Gasteiger partial charge in [-0.15, -0.1) is 0 Å². The lowest BCUT2D eigenvalue weighted by Crippen LogP contribution is -2.47. The molecule has 5 heteroatoms. The number of benzene rings is 1. The van der Waals surface area contributed by atoms with Crippen LogP contribution in [0.1, 0.15) is 63.4 Å². The van der Waals surface area contributed by atoms with Crippen molar-refractivity contribution in [3.8, 4) is 0 Å². The predicted molar refractivity (Wildman–Crippen MR) is 113 cm³/mol. The van der Waals surface area contributed by atoms with Crippen LogP contribution in [0.4, 0.5) is 10.5 Å². The minimum Gasteiger partial charge on any atom is -0.338 e. The maximum Gasteiger partial charge on any atom is 0.319 e. The zero-order valence-corrected chi connectivity index (χ0v) is 17.3. The van der Waals surface area contributed by atoms with Crippen LogP contribution >= 0.6 is 0 Å². The molecule has 1 heterocycles. The molecule has 3 amide bonds. The minimum atomic E-state index is -0.114. The van der Waals surface area contributed by atoms with E-state index < -0.39 is 0 Å². The van der Waals surface area contributed by atoms with Gasteiger partial charge >= 0.3 is 6.03 Å². The van der Waals surface area contributed by atoms with Crippen LogP contribution in [0.15, 0.2) is 24.3 Å². The second-order valence-electron chi connectivity index (χ2n) is 10.2. The molecule has 0 spiro atoms. The average molecular weight is 396 g/mol. The molecule has 29 heavy (non-hydrogen) atoms.